The number of carbonyl (C=O) groups is 1. The fourth-order valence-corrected chi connectivity index (χ4v) is 4.15. The van der Waals surface area contributed by atoms with Crippen LogP contribution in [0.5, 0.6) is 5.75 Å². The third-order valence-corrected chi connectivity index (χ3v) is 5.83. The first-order valence-electron chi connectivity index (χ1n) is 8.87. The second-order valence-electron chi connectivity index (χ2n) is 6.85. The summed E-state index contributed by atoms with van der Waals surface area (Å²) >= 11 is 0. The topological polar surface area (TPSA) is 84.5 Å². The van der Waals surface area contributed by atoms with Crippen molar-refractivity contribution in [3.8, 4) is 5.75 Å². The normalized spacial score (nSPS) is 17.3. The standard InChI is InChI=1S/C18H28N2O4S/c1-13(2)20-25(22,23)17-11-9-16(10-12-17)24-14(3)18(21)19-15-7-5-4-6-8-15/h9-15,20H,4-8H2,1-3H3,(H,19,21)/t14-/m1/s1. The van der Waals surface area contributed by atoms with Crippen LogP contribution in [0, 0.1) is 0 Å². The summed E-state index contributed by atoms with van der Waals surface area (Å²) < 4.78 is 32.3. The first-order chi connectivity index (χ1) is 11.8. The lowest BCUT2D eigenvalue weighted by atomic mass is 9.95. The molecule has 7 heteroatoms. The smallest absolute Gasteiger partial charge is 0.260 e. The zero-order valence-corrected chi connectivity index (χ0v) is 15.9. The summed E-state index contributed by atoms with van der Waals surface area (Å²) in [7, 11) is -3.53. The average molecular weight is 368 g/mol. The molecule has 0 unspecified atom stereocenters. The molecule has 1 amide bonds. The summed E-state index contributed by atoms with van der Waals surface area (Å²) in [6.45, 7) is 5.23. The minimum atomic E-state index is -3.53. The van der Waals surface area contributed by atoms with Crippen LogP contribution in [0.25, 0.3) is 0 Å². The Hall–Kier alpha value is -1.60. The molecule has 0 aromatic heterocycles. The highest BCUT2D eigenvalue weighted by Gasteiger charge is 2.21. The lowest BCUT2D eigenvalue weighted by Crippen LogP contribution is -2.43. The number of amides is 1. The molecule has 0 radical (unpaired) electrons. The zero-order valence-electron chi connectivity index (χ0n) is 15.1. The van der Waals surface area contributed by atoms with Crippen molar-refractivity contribution in [1.82, 2.24) is 10.0 Å². The van der Waals surface area contributed by atoms with Gasteiger partial charge in [-0.3, -0.25) is 4.79 Å². The maximum absolute atomic E-state index is 12.2. The molecule has 6 nitrogen and oxygen atoms in total. The van der Waals surface area contributed by atoms with Crippen molar-refractivity contribution < 1.29 is 17.9 Å². The molecule has 2 rings (SSSR count). The van der Waals surface area contributed by atoms with E-state index >= 15 is 0 Å². The van der Waals surface area contributed by atoms with Crippen molar-refractivity contribution in [3.05, 3.63) is 24.3 Å². The van der Waals surface area contributed by atoms with E-state index in [4.69, 9.17) is 4.74 Å². The van der Waals surface area contributed by atoms with Crippen molar-refractivity contribution in [3.63, 3.8) is 0 Å². The van der Waals surface area contributed by atoms with Crippen LogP contribution in [0.3, 0.4) is 0 Å². The second kappa shape index (κ2) is 8.67. The SMILES string of the molecule is CC(C)NS(=O)(=O)c1ccc(O[C@H](C)C(=O)NC2CCCCC2)cc1. The van der Waals surface area contributed by atoms with Crippen molar-refractivity contribution >= 4 is 15.9 Å². The molecule has 140 valence electrons. The Bertz CT molecular complexity index is 665. The van der Waals surface area contributed by atoms with E-state index in [1.54, 1.807) is 32.9 Å². The van der Waals surface area contributed by atoms with E-state index in [2.05, 4.69) is 10.0 Å². The predicted octanol–water partition coefficient (Wildman–Crippen LogP) is 2.59. The van der Waals surface area contributed by atoms with Gasteiger partial charge >= 0.3 is 0 Å². The van der Waals surface area contributed by atoms with Gasteiger partial charge in [-0.2, -0.15) is 0 Å². The van der Waals surface area contributed by atoms with Gasteiger partial charge in [-0.1, -0.05) is 19.3 Å². The van der Waals surface area contributed by atoms with Crippen LogP contribution in [0.1, 0.15) is 52.9 Å². The molecule has 25 heavy (non-hydrogen) atoms. The lowest BCUT2D eigenvalue weighted by molar-refractivity contribution is -0.128. The average Bonchev–Trinajstić information content (AvgIpc) is 2.55. The zero-order chi connectivity index (χ0) is 18.4. The predicted molar refractivity (Wildman–Crippen MR) is 97.0 cm³/mol. The molecule has 1 aliphatic rings. The van der Waals surface area contributed by atoms with Crippen molar-refractivity contribution in [2.24, 2.45) is 0 Å². The first-order valence-corrected chi connectivity index (χ1v) is 10.4. The van der Waals surface area contributed by atoms with Gasteiger partial charge in [0.1, 0.15) is 5.75 Å². The Morgan fingerprint density at radius 1 is 1.08 bits per heavy atom. The molecule has 1 fully saturated rings. The number of hydrogen-bond donors (Lipinski definition) is 2. The maximum atomic E-state index is 12.2. The molecular formula is C18H28N2O4S. The van der Waals surface area contributed by atoms with Crippen LogP contribution in [0.15, 0.2) is 29.2 Å². The van der Waals surface area contributed by atoms with Crippen LogP contribution in [0.4, 0.5) is 0 Å². The summed E-state index contributed by atoms with van der Waals surface area (Å²) in [6, 6.07) is 6.15. The number of rotatable bonds is 7. The number of carbonyl (C=O) groups excluding carboxylic acids is 1. The highest BCUT2D eigenvalue weighted by atomic mass is 32.2. The van der Waals surface area contributed by atoms with E-state index in [0.29, 0.717) is 5.75 Å². The number of sulfonamides is 1. The van der Waals surface area contributed by atoms with E-state index in [9.17, 15) is 13.2 Å². The van der Waals surface area contributed by atoms with Crippen molar-refractivity contribution in [2.45, 2.75) is 76.0 Å². The molecule has 0 aliphatic heterocycles. The highest BCUT2D eigenvalue weighted by molar-refractivity contribution is 7.89. The van der Waals surface area contributed by atoms with Gasteiger partial charge in [-0.05, 0) is 57.9 Å². The summed E-state index contributed by atoms with van der Waals surface area (Å²) in [6.07, 6.45) is 4.96. The van der Waals surface area contributed by atoms with Gasteiger partial charge in [0.05, 0.1) is 4.90 Å². The van der Waals surface area contributed by atoms with Crippen LogP contribution in [0.2, 0.25) is 0 Å². The lowest BCUT2D eigenvalue weighted by Gasteiger charge is -2.24. The van der Waals surface area contributed by atoms with Gasteiger partial charge in [-0.15, -0.1) is 0 Å². The monoisotopic (exact) mass is 368 g/mol. The molecular weight excluding hydrogens is 340 g/mol. The van der Waals surface area contributed by atoms with Gasteiger partial charge < -0.3 is 10.1 Å². The third-order valence-electron chi connectivity index (χ3n) is 4.16. The van der Waals surface area contributed by atoms with E-state index in [1.807, 2.05) is 0 Å². The van der Waals surface area contributed by atoms with Crippen LogP contribution < -0.4 is 14.8 Å². The molecule has 0 heterocycles. The molecule has 0 saturated heterocycles. The van der Waals surface area contributed by atoms with Gasteiger partial charge in [0, 0.05) is 12.1 Å². The molecule has 1 aliphatic carbocycles. The Morgan fingerprint density at radius 3 is 2.24 bits per heavy atom. The van der Waals surface area contributed by atoms with Gasteiger partial charge in [0.15, 0.2) is 6.10 Å². The first kappa shape index (κ1) is 19.7. The highest BCUT2D eigenvalue weighted by Crippen LogP contribution is 2.19. The number of benzene rings is 1. The summed E-state index contributed by atoms with van der Waals surface area (Å²) in [4.78, 5) is 12.4. The number of hydrogen-bond acceptors (Lipinski definition) is 4. The Balaban J connectivity index is 1.92. The van der Waals surface area contributed by atoms with Gasteiger partial charge in [0.25, 0.3) is 5.91 Å². The molecule has 2 N–H and O–H groups in total. The number of nitrogens with one attached hydrogen (secondary N) is 2. The second-order valence-corrected chi connectivity index (χ2v) is 8.56. The van der Waals surface area contributed by atoms with Gasteiger partial charge in [-0.25, -0.2) is 13.1 Å². The summed E-state index contributed by atoms with van der Waals surface area (Å²) in [5, 5.41) is 3.03. The van der Waals surface area contributed by atoms with Crippen molar-refractivity contribution in [2.75, 3.05) is 0 Å². The van der Waals surface area contributed by atoms with E-state index in [-0.39, 0.29) is 22.9 Å². The van der Waals surface area contributed by atoms with E-state index in [1.165, 1.54) is 18.6 Å². The largest absolute Gasteiger partial charge is 0.481 e. The van der Waals surface area contributed by atoms with Crippen LogP contribution in [-0.4, -0.2) is 32.5 Å². The van der Waals surface area contributed by atoms with Gasteiger partial charge in [0.2, 0.25) is 10.0 Å². The number of ether oxygens (including phenoxy) is 1. The molecule has 1 saturated carbocycles. The third kappa shape index (κ3) is 6.01. The van der Waals surface area contributed by atoms with Crippen LogP contribution >= 0.6 is 0 Å². The minimum absolute atomic E-state index is 0.134. The molecule has 1 atom stereocenters. The van der Waals surface area contributed by atoms with E-state index in [0.717, 1.165) is 25.7 Å². The summed E-state index contributed by atoms with van der Waals surface area (Å²) in [5.74, 6) is 0.333. The fraction of sp³-hybridized carbons (Fsp3) is 0.611. The molecule has 0 bridgehead atoms. The molecule has 1 aromatic rings. The fourth-order valence-electron chi connectivity index (χ4n) is 2.90. The summed E-state index contributed by atoms with van der Waals surface area (Å²) in [5.41, 5.74) is 0. The quantitative estimate of drug-likeness (QED) is 0.775. The van der Waals surface area contributed by atoms with E-state index < -0.39 is 16.1 Å². The Morgan fingerprint density at radius 2 is 1.68 bits per heavy atom. The molecule has 1 aromatic carbocycles. The maximum Gasteiger partial charge on any atom is 0.260 e. The minimum Gasteiger partial charge on any atom is -0.481 e. The van der Waals surface area contributed by atoms with Crippen LogP contribution in [-0.2, 0) is 14.8 Å². The Kier molecular flexibility index (Phi) is 6.84. The Labute approximate surface area is 150 Å². The van der Waals surface area contributed by atoms with Crippen molar-refractivity contribution in [1.29, 1.82) is 0 Å². The molecule has 0 spiro atoms.